The fourth-order valence-electron chi connectivity index (χ4n) is 7.42. The van der Waals surface area contributed by atoms with E-state index < -0.39 is 6.04 Å². The summed E-state index contributed by atoms with van der Waals surface area (Å²) in [4.78, 5) is 47.1. The van der Waals surface area contributed by atoms with E-state index in [2.05, 4.69) is 60.6 Å². The van der Waals surface area contributed by atoms with Crippen molar-refractivity contribution in [1.29, 1.82) is 0 Å². The molecule has 2 aromatic carbocycles. The molecule has 13 nitrogen and oxygen atoms in total. The highest BCUT2D eigenvalue weighted by Gasteiger charge is 2.30. The summed E-state index contributed by atoms with van der Waals surface area (Å²) in [5, 5.41) is 23.2. The number of nitrogens with one attached hydrogen (secondary N) is 4. The lowest BCUT2D eigenvalue weighted by molar-refractivity contribution is -0.130. The number of aromatic nitrogens is 5. The molecule has 0 spiro atoms. The number of amides is 3. The number of nitrogens with zero attached hydrogens (tertiary/aromatic N) is 5. The number of carbonyl (C=O) groups excluding carboxylic acids is 3. The Morgan fingerprint density at radius 3 is 2.19 bits per heavy atom. The third-order valence-electron chi connectivity index (χ3n) is 10.7. The highest BCUT2D eigenvalue weighted by molar-refractivity contribution is 5.98. The van der Waals surface area contributed by atoms with Crippen molar-refractivity contribution < 1.29 is 14.4 Å². The van der Waals surface area contributed by atoms with Gasteiger partial charge in [-0.3, -0.25) is 14.4 Å². The summed E-state index contributed by atoms with van der Waals surface area (Å²) >= 11 is 0. The van der Waals surface area contributed by atoms with Crippen LogP contribution in [-0.2, 0) is 16.0 Å². The highest BCUT2D eigenvalue weighted by atomic mass is 16.2. The van der Waals surface area contributed by atoms with Crippen molar-refractivity contribution >= 4 is 23.4 Å². The molecule has 2 aliphatic rings. The average Bonchev–Trinajstić information content (AvgIpc) is 3.71. The minimum Gasteiger partial charge on any atom is -0.348 e. The first-order valence-corrected chi connectivity index (χ1v) is 18.4. The first kappa shape index (κ1) is 36.8. The lowest BCUT2D eigenvalue weighted by atomic mass is 9.81. The van der Waals surface area contributed by atoms with E-state index in [4.69, 9.17) is 5.73 Å². The molecule has 2 heterocycles. The van der Waals surface area contributed by atoms with Gasteiger partial charge >= 0.3 is 0 Å². The zero-order valence-corrected chi connectivity index (χ0v) is 30.3. The van der Waals surface area contributed by atoms with Crippen LogP contribution in [0.2, 0.25) is 0 Å². The molecule has 274 valence electrons. The van der Waals surface area contributed by atoms with Crippen LogP contribution >= 0.6 is 0 Å². The molecule has 1 unspecified atom stereocenters. The zero-order chi connectivity index (χ0) is 36.6. The van der Waals surface area contributed by atoms with E-state index in [0.29, 0.717) is 42.1 Å². The number of hydrogen-bond acceptors (Lipinski definition) is 9. The number of rotatable bonds is 12. The Bertz CT molecular complexity index is 1800. The molecule has 0 bridgehead atoms. The monoisotopic (exact) mass is 706 g/mol. The lowest BCUT2D eigenvalue weighted by Crippen LogP contribution is -2.48. The van der Waals surface area contributed by atoms with Crippen LogP contribution in [-0.4, -0.2) is 87.0 Å². The summed E-state index contributed by atoms with van der Waals surface area (Å²) in [6.45, 7) is 2.54. The second-order valence-electron chi connectivity index (χ2n) is 14.5. The lowest BCUT2D eigenvalue weighted by Gasteiger charge is -2.32. The van der Waals surface area contributed by atoms with Gasteiger partial charge in [-0.15, -0.1) is 10.2 Å². The Hall–Kier alpha value is -5.01. The van der Waals surface area contributed by atoms with Gasteiger partial charge in [-0.25, -0.2) is 4.98 Å². The topological polar surface area (TPSA) is 184 Å². The summed E-state index contributed by atoms with van der Waals surface area (Å²) in [6.07, 6.45) is 7.75. The number of tetrazole rings is 1. The van der Waals surface area contributed by atoms with E-state index in [1.165, 1.54) is 0 Å². The number of anilines is 1. The maximum Gasteiger partial charge on any atom is 0.270 e. The molecule has 0 saturated heterocycles. The van der Waals surface area contributed by atoms with Gasteiger partial charge in [-0.2, -0.15) is 5.21 Å². The van der Waals surface area contributed by atoms with Gasteiger partial charge in [0, 0.05) is 46.9 Å². The normalized spacial score (nSPS) is 20.9. The molecule has 0 radical (unpaired) electrons. The maximum atomic E-state index is 13.7. The molecular formula is C39H50N10O3. The van der Waals surface area contributed by atoms with Crippen LogP contribution in [0.15, 0.2) is 60.7 Å². The number of H-pyrrole nitrogens is 1. The van der Waals surface area contributed by atoms with Crippen molar-refractivity contribution in [2.75, 3.05) is 26.0 Å². The second-order valence-corrected chi connectivity index (χ2v) is 14.5. The van der Waals surface area contributed by atoms with Gasteiger partial charge in [0.25, 0.3) is 5.91 Å². The smallest absolute Gasteiger partial charge is 0.270 e. The summed E-state index contributed by atoms with van der Waals surface area (Å²) < 4.78 is 0. The summed E-state index contributed by atoms with van der Waals surface area (Å²) in [6, 6.07) is 18.7. The first-order valence-electron chi connectivity index (χ1n) is 18.4. The third-order valence-corrected chi connectivity index (χ3v) is 10.7. The van der Waals surface area contributed by atoms with Gasteiger partial charge in [0.05, 0.1) is 0 Å². The molecule has 6 rings (SSSR count). The van der Waals surface area contributed by atoms with Crippen molar-refractivity contribution in [2.45, 2.75) is 82.8 Å². The molecule has 4 aromatic rings. The van der Waals surface area contributed by atoms with Crippen LogP contribution in [0.1, 0.15) is 73.1 Å². The predicted molar refractivity (Wildman–Crippen MR) is 200 cm³/mol. The minimum absolute atomic E-state index is 0.105. The van der Waals surface area contributed by atoms with Crippen LogP contribution in [0.4, 0.5) is 5.69 Å². The Morgan fingerprint density at radius 2 is 1.58 bits per heavy atom. The summed E-state index contributed by atoms with van der Waals surface area (Å²) in [7, 11) is 4.22. The highest BCUT2D eigenvalue weighted by Crippen LogP contribution is 2.29. The number of hydrogen-bond donors (Lipinski definition) is 5. The van der Waals surface area contributed by atoms with E-state index in [1.54, 1.807) is 30.3 Å². The standard InChI is InChI=1S/C39H50N10O3/c1-24-33(20-21-34(41-24)38(51)42-31-16-18-32(19-17-31)49(2)3)27-8-4-25(5-9-27)22-35(44-37(50)29-10-6-26(23-40)7-11-29)39(52)43-30-14-12-28(13-15-30)36-45-47-48-46-36/h4-5,8-9,12-15,20-21,26,29,31-32,35H,6-7,10-11,16-19,22-23,40H2,1-3H3,(H,42,51)(H,43,52)(H,44,50)(H,45,46,47,48). The van der Waals surface area contributed by atoms with Gasteiger partial charge in [0.15, 0.2) is 0 Å². The molecule has 0 aliphatic heterocycles. The summed E-state index contributed by atoms with van der Waals surface area (Å²) in [5.74, 6) is 0.207. The Kier molecular flexibility index (Phi) is 12.0. The van der Waals surface area contributed by atoms with Crippen LogP contribution in [0.25, 0.3) is 22.5 Å². The minimum atomic E-state index is -0.790. The second kappa shape index (κ2) is 17.0. The van der Waals surface area contributed by atoms with Crippen LogP contribution in [0, 0.1) is 18.8 Å². The molecule has 2 fully saturated rings. The van der Waals surface area contributed by atoms with E-state index in [-0.39, 0.29) is 29.7 Å². The Labute approximate surface area is 304 Å². The van der Waals surface area contributed by atoms with Crippen molar-refractivity contribution in [2.24, 2.45) is 17.6 Å². The predicted octanol–water partition coefficient (Wildman–Crippen LogP) is 4.27. The largest absolute Gasteiger partial charge is 0.348 e. The van der Waals surface area contributed by atoms with Gasteiger partial charge < -0.3 is 26.6 Å². The van der Waals surface area contributed by atoms with E-state index in [0.717, 1.165) is 79.3 Å². The number of aryl methyl sites for hydroxylation is 1. The molecule has 2 aromatic heterocycles. The molecule has 6 N–H and O–H groups in total. The number of carbonyl (C=O) groups is 3. The third kappa shape index (κ3) is 9.25. The van der Waals surface area contributed by atoms with Crippen molar-refractivity contribution in [3.8, 4) is 22.5 Å². The molecular weight excluding hydrogens is 656 g/mol. The van der Waals surface area contributed by atoms with Gasteiger partial charge in [-0.1, -0.05) is 30.3 Å². The number of aromatic amines is 1. The van der Waals surface area contributed by atoms with E-state index in [1.807, 2.05) is 37.3 Å². The first-order chi connectivity index (χ1) is 25.2. The molecule has 3 amide bonds. The molecule has 2 aliphatic carbocycles. The van der Waals surface area contributed by atoms with Crippen molar-refractivity contribution in [3.63, 3.8) is 0 Å². The van der Waals surface area contributed by atoms with Crippen LogP contribution < -0.4 is 21.7 Å². The van der Waals surface area contributed by atoms with E-state index in [9.17, 15) is 14.4 Å². The maximum absolute atomic E-state index is 13.7. The molecule has 2 saturated carbocycles. The van der Waals surface area contributed by atoms with Gasteiger partial charge in [0.2, 0.25) is 17.6 Å². The van der Waals surface area contributed by atoms with Gasteiger partial charge in [0.1, 0.15) is 11.7 Å². The fraction of sp³-hybridized carbons (Fsp3) is 0.462. The van der Waals surface area contributed by atoms with Gasteiger partial charge in [-0.05, 0) is 132 Å². The SMILES string of the molecule is Cc1nc(C(=O)NC2CCC(N(C)C)CC2)ccc1-c1ccc(CC(NC(=O)C2CCC(CN)CC2)C(=O)Nc2ccc(-c3nn[nH]n3)cc2)cc1. The van der Waals surface area contributed by atoms with Crippen LogP contribution in [0.5, 0.6) is 0 Å². The molecule has 52 heavy (non-hydrogen) atoms. The fourth-order valence-corrected chi connectivity index (χ4v) is 7.42. The van der Waals surface area contributed by atoms with Crippen LogP contribution in [0.3, 0.4) is 0 Å². The van der Waals surface area contributed by atoms with Crippen molar-refractivity contribution in [1.82, 2.24) is 41.1 Å². The quantitative estimate of drug-likeness (QED) is 0.144. The summed E-state index contributed by atoms with van der Waals surface area (Å²) in [5.41, 5.74) is 11.2. The van der Waals surface area contributed by atoms with E-state index >= 15 is 0 Å². The number of nitrogens with two attached hydrogens (primary N) is 1. The van der Waals surface area contributed by atoms with Crippen molar-refractivity contribution in [3.05, 3.63) is 77.6 Å². The zero-order valence-electron chi connectivity index (χ0n) is 30.3. The molecule has 1 atom stereocenters. The molecule has 13 heteroatoms. The number of pyridine rings is 1. The average molecular weight is 707 g/mol. The Balaban J connectivity index is 1.11. The Morgan fingerprint density at radius 1 is 0.885 bits per heavy atom. The number of benzene rings is 2.